The fourth-order valence-corrected chi connectivity index (χ4v) is 4.69. The number of nitrogens with one attached hydrogen (secondary N) is 1. The van der Waals surface area contributed by atoms with Gasteiger partial charge in [0.25, 0.3) is 5.69 Å². The van der Waals surface area contributed by atoms with Crippen LogP contribution in [0.3, 0.4) is 0 Å². The van der Waals surface area contributed by atoms with Crippen LogP contribution < -0.4 is 5.32 Å². The van der Waals surface area contributed by atoms with Crippen molar-refractivity contribution >= 4 is 15.7 Å². The van der Waals surface area contributed by atoms with E-state index in [-0.39, 0.29) is 10.6 Å². The molecule has 1 N–H and O–H groups in total. The van der Waals surface area contributed by atoms with E-state index in [1.54, 1.807) is 17.0 Å². The number of piperazine rings is 1. The Labute approximate surface area is 145 Å². The zero-order valence-corrected chi connectivity index (χ0v) is 14.7. The zero-order valence-electron chi connectivity index (χ0n) is 13.9. The largest absolute Gasteiger partial charge is 0.337 e. The Bertz CT molecular complexity index is 908. The van der Waals surface area contributed by atoms with Crippen molar-refractivity contribution in [3.8, 4) is 0 Å². The average Bonchev–Trinajstić information content (AvgIpc) is 3.00. The van der Waals surface area contributed by atoms with Gasteiger partial charge in [-0.1, -0.05) is 0 Å². The normalized spacial score (nSPS) is 19.0. The number of hydrogen-bond acceptors (Lipinski definition) is 6. The monoisotopic (exact) mass is 365 g/mol. The summed E-state index contributed by atoms with van der Waals surface area (Å²) in [5.74, 6) is 0.648. The third-order valence-electron chi connectivity index (χ3n) is 4.32. The Morgan fingerprint density at radius 2 is 2.16 bits per heavy atom. The molecule has 3 rings (SSSR count). The number of imidazole rings is 1. The van der Waals surface area contributed by atoms with Crippen LogP contribution in [0.1, 0.15) is 17.4 Å². The number of hydrogen-bond donors (Lipinski definition) is 1. The summed E-state index contributed by atoms with van der Waals surface area (Å²) >= 11 is 0. The Balaban J connectivity index is 2.01. The molecule has 1 aromatic carbocycles. The summed E-state index contributed by atoms with van der Waals surface area (Å²) < 4.78 is 29.5. The van der Waals surface area contributed by atoms with E-state index in [0.29, 0.717) is 31.0 Å². The first-order valence-corrected chi connectivity index (χ1v) is 9.21. The molecular formula is C15H19N5O4S. The zero-order chi connectivity index (χ0) is 18.2. The number of rotatable bonds is 4. The molecule has 1 unspecified atom stereocenters. The molecule has 0 radical (unpaired) electrons. The maximum absolute atomic E-state index is 13.1. The predicted molar refractivity (Wildman–Crippen MR) is 90.5 cm³/mol. The molecule has 0 saturated carbocycles. The summed E-state index contributed by atoms with van der Waals surface area (Å²) in [5, 5.41) is 14.1. The topological polar surface area (TPSA) is 110 Å². The molecule has 1 atom stereocenters. The number of aryl methyl sites for hydroxylation is 2. The lowest BCUT2D eigenvalue weighted by molar-refractivity contribution is -0.385. The fourth-order valence-electron chi connectivity index (χ4n) is 3.02. The van der Waals surface area contributed by atoms with Gasteiger partial charge in [-0.15, -0.1) is 0 Å². The van der Waals surface area contributed by atoms with E-state index in [1.807, 2.05) is 7.05 Å². The summed E-state index contributed by atoms with van der Waals surface area (Å²) in [6.45, 7) is 2.82. The van der Waals surface area contributed by atoms with Crippen LogP contribution in [0, 0.1) is 17.0 Å². The van der Waals surface area contributed by atoms with Crippen molar-refractivity contribution < 1.29 is 13.3 Å². The van der Waals surface area contributed by atoms with Gasteiger partial charge in [0.05, 0.1) is 15.9 Å². The summed E-state index contributed by atoms with van der Waals surface area (Å²) in [4.78, 5) is 14.8. The Morgan fingerprint density at radius 1 is 1.40 bits per heavy atom. The number of nitro groups is 1. The first-order valence-electron chi connectivity index (χ1n) is 7.77. The number of nitrogens with zero attached hydrogens (tertiary/aromatic N) is 4. The quantitative estimate of drug-likeness (QED) is 0.638. The van der Waals surface area contributed by atoms with Crippen LogP contribution >= 0.6 is 0 Å². The minimum Gasteiger partial charge on any atom is -0.337 e. The van der Waals surface area contributed by atoms with Crippen LogP contribution in [-0.4, -0.2) is 46.8 Å². The highest BCUT2D eigenvalue weighted by molar-refractivity contribution is 7.89. The summed E-state index contributed by atoms with van der Waals surface area (Å²) in [7, 11) is -1.98. The van der Waals surface area contributed by atoms with E-state index < -0.39 is 21.0 Å². The van der Waals surface area contributed by atoms with Gasteiger partial charge >= 0.3 is 0 Å². The predicted octanol–water partition coefficient (Wildman–Crippen LogP) is 0.972. The number of sulfonamides is 1. The van der Waals surface area contributed by atoms with Crippen LogP contribution in [0.15, 0.2) is 35.5 Å². The molecule has 1 aliphatic rings. The molecule has 1 fully saturated rings. The van der Waals surface area contributed by atoms with Gasteiger partial charge in [0.1, 0.15) is 5.82 Å². The third kappa shape index (κ3) is 3.15. The average molecular weight is 365 g/mol. The van der Waals surface area contributed by atoms with Gasteiger partial charge in [0.15, 0.2) is 0 Å². The van der Waals surface area contributed by atoms with Crippen molar-refractivity contribution in [3.63, 3.8) is 0 Å². The maximum atomic E-state index is 13.1. The molecule has 9 nitrogen and oxygen atoms in total. The van der Waals surface area contributed by atoms with Crippen LogP contribution in [0.5, 0.6) is 0 Å². The van der Waals surface area contributed by atoms with Crippen molar-refractivity contribution in [1.29, 1.82) is 0 Å². The Hall–Kier alpha value is -2.30. The standard InChI is InChI=1S/C15H19N5O4S/c1-11-9-12(3-4-13(11)20(21)22)25(23,24)19-8-5-16-10-14(19)15-17-6-7-18(15)2/h3-4,6-7,9,14,16H,5,8,10H2,1-2H3. The van der Waals surface area contributed by atoms with Gasteiger partial charge in [-0.2, -0.15) is 4.31 Å². The van der Waals surface area contributed by atoms with E-state index >= 15 is 0 Å². The van der Waals surface area contributed by atoms with E-state index in [9.17, 15) is 18.5 Å². The van der Waals surface area contributed by atoms with E-state index in [4.69, 9.17) is 0 Å². The SMILES string of the molecule is Cc1cc(S(=O)(=O)N2CCNCC2c2nccn2C)ccc1[N+](=O)[O-]. The molecule has 0 aliphatic carbocycles. The van der Waals surface area contributed by atoms with Gasteiger partial charge in [-0.05, 0) is 19.1 Å². The number of aromatic nitrogens is 2. The maximum Gasteiger partial charge on any atom is 0.272 e. The molecule has 2 heterocycles. The van der Waals surface area contributed by atoms with Crippen LogP contribution in [0.4, 0.5) is 5.69 Å². The lowest BCUT2D eigenvalue weighted by atomic mass is 10.2. The molecule has 134 valence electrons. The molecule has 0 bridgehead atoms. The molecule has 0 amide bonds. The van der Waals surface area contributed by atoms with Crippen LogP contribution in [-0.2, 0) is 17.1 Å². The fraction of sp³-hybridized carbons (Fsp3) is 0.400. The first-order chi connectivity index (χ1) is 11.8. The number of nitro benzene ring substituents is 1. The first kappa shape index (κ1) is 17.5. The summed E-state index contributed by atoms with van der Waals surface area (Å²) in [6.07, 6.45) is 3.40. The second kappa shape index (κ2) is 6.54. The highest BCUT2D eigenvalue weighted by Crippen LogP contribution is 2.30. The molecule has 1 aliphatic heterocycles. The Morgan fingerprint density at radius 3 is 2.76 bits per heavy atom. The second-order valence-electron chi connectivity index (χ2n) is 5.94. The summed E-state index contributed by atoms with van der Waals surface area (Å²) in [6, 6.07) is 3.44. The lowest BCUT2D eigenvalue weighted by Gasteiger charge is -2.34. The lowest BCUT2D eigenvalue weighted by Crippen LogP contribution is -2.49. The Kier molecular flexibility index (Phi) is 4.58. The van der Waals surface area contributed by atoms with Gasteiger partial charge < -0.3 is 9.88 Å². The van der Waals surface area contributed by atoms with Crippen molar-refractivity contribution in [1.82, 2.24) is 19.2 Å². The third-order valence-corrected chi connectivity index (χ3v) is 6.23. The molecule has 0 spiro atoms. The van der Waals surface area contributed by atoms with Crippen LogP contribution in [0.2, 0.25) is 0 Å². The smallest absolute Gasteiger partial charge is 0.272 e. The van der Waals surface area contributed by atoms with Crippen molar-refractivity contribution in [3.05, 3.63) is 52.1 Å². The van der Waals surface area contributed by atoms with Gasteiger partial charge in [0, 0.05) is 50.7 Å². The van der Waals surface area contributed by atoms with Crippen molar-refractivity contribution in [2.75, 3.05) is 19.6 Å². The summed E-state index contributed by atoms with van der Waals surface area (Å²) in [5.41, 5.74) is 0.217. The van der Waals surface area contributed by atoms with Crippen molar-refractivity contribution in [2.24, 2.45) is 7.05 Å². The van der Waals surface area contributed by atoms with Gasteiger partial charge in [0.2, 0.25) is 10.0 Å². The molecule has 1 aromatic heterocycles. The van der Waals surface area contributed by atoms with Gasteiger partial charge in [-0.3, -0.25) is 10.1 Å². The molecule has 1 saturated heterocycles. The molecular weight excluding hydrogens is 346 g/mol. The van der Waals surface area contributed by atoms with E-state index in [1.165, 1.54) is 29.4 Å². The van der Waals surface area contributed by atoms with Gasteiger partial charge in [-0.25, -0.2) is 13.4 Å². The van der Waals surface area contributed by atoms with Crippen molar-refractivity contribution in [2.45, 2.75) is 17.9 Å². The van der Waals surface area contributed by atoms with E-state index in [0.717, 1.165) is 0 Å². The molecule has 25 heavy (non-hydrogen) atoms. The van der Waals surface area contributed by atoms with E-state index in [2.05, 4.69) is 10.3 Å². The molecule has 10 heteroatoms. The highest BCUT2D eigenvalue weighted by Gasteiger charge is 2.36. The minimum atomic E-state index is -3.80. The molecule has 2 aromatic rings. The minimum absolute atomic E-state index is 0.0525. The van der Waals surface area contributed by atoms with Crippen LogP contribution in [0.25, 0.3) is 0 Å². The second-order valence-corrected chi connectivity index (χ2v) is 7.83. The highest BCUT2D eigenvalue weighted by atomic mass is 32.2. The number of benzene rings is 1.